The third-order valence-electron chi connectivity index (χ3n) is 6.58. The van der Waals surface area contributed by atoms with Gasteiger partial charge in [0.25, 0.3) is 0 Å². The van der Waals surface area contributed by atoms with Crippen LogP contribution in [0.5, 0.6) is 0 Å². The van der Waals surface area contributed by atoms with Crippen molar-refractivity contribution in [2.75, 3.05) is 5.73 Å². The SMILES string of the molecule is Nc1ccc2c(c1)-c1ccccc1C21c2ccccc2CCc2ccccc21. The largest absolute Gasteiger partial charge is 0.399 e. The first-order valence-corrected chi connectivity index (χ1v) is 9.97. The van der Waals surface area contributed by atoms with Gasteiger partial charge in [-0.2, -0.15) is 0 Å². The molecule has 0 amide bonds. The number of anilines is 1. The smallest absolute Gasteiger partial charge is 0.0718 e. The highest BCUT2D eigenvalue weighted by Crippen LogP contribution is 2.58. The molecule has 6 rings (SSSR count). The molecule has 0 aliphatic heterocycles. The number of aryl methyl sites for hydroxylation is 2. The van der Waals surface area contributed by atoms with Crippen LogP contribution in [-0.4, -0.2) is 0 Å². The van der Waals surface area contributed by atoms with E-state index in [0.717, 1.165) is 18.5 Å². The van der Waals surface area contributed by atoms with E-state index in [-0.39, 0.29) is 5.41 Å². The van der Waals surface area contributed by atoms with Crippen LogP contribution in [0.15, 0.2) is 91.0 Å². The zero-order valence-electron chi connectivity index (χ0n) is 15.7. The van der Waals surface area contributed by atoms with Crippen LogP contribution in [0.2, 0.25) is 0 Å². The van der Waals surface area contributed by atoms with Gasteiger partial charge in [-0.05, 0) is 69.5 Å². The van der Waals surface area contributed by atoms with E-state index in [9.17, 15) is 0 Å². The van der Waals surface area contributed by atoms with Crippen LogP contribution in [0.3, 0.4) is 0 Å². The summed E-state index contributed by atoms with van der Waals surface area (Å²) in [4.78, 5) is 0. The second-order valence-corrected chi connectivity index (χ2v) is 7.91. The monoisotopic (exact) mass is 359 g/mol. The molecular weight excluding hydrogens is 338 g/mol. The summed E-state index contributed by atoms with van der Waals surface area (Å²) < 4.78 is 0. The van der Waals surface area contributed by atoms with Gasteiger partial charge in [-0.15, -0.1) is 0 Å². The quantitative estimate of drug-likeness (QED) is 0.351. The Morgan fingerprint density at radius 3 is 1.75 bits per heavy atom. The minimum atomic E-state index is -0.274. The molecule has 0 radical (unpaired) electrons. The van der Waals surface area contributed by atoms with Gasteiger partial charge in [0, 0.05) is 5.69 Å². The normalized spacial score (nSPS) is 15.3. The van der Waals surface area contributed by atoms with Crippen molar-refractivity contribution in [3.63, 3.8) is 0 Å². The fourth-order valence-electron chi connectivity index (χ4n) is 5.50. The maximum absolute atomic E-state index is 6.23. The topological polar surface area (TPSA) is 26.0 Å². The number of benzene rings is 4. The van der Waals surface area contributed by atoms with E-state index in [1.165, 1.54) is 44.5 Å². The summed E-state index contributed by atoms with van der Waals surface area (Å²) in [5, 5.41) is 0. The van der Waals surface area contributed by atoms with E-state index in [2.05, 4.69) is 91.0 Å². The van der Waals surface area contributed by atoms with Gasteiger partial charge in [0.2, 0.25) is 0 Å². The first kappa shape index (κ1) is 15.7. The Morgan fingerprint density at radius 2 is 1.07 bits per heavy atom. The first-order chi connectivity index (χ1) is 13.8. The lowest BCUT2D eigenvalue weighted by Gasteiger charge is -2.35. The van der Waals surface area contributed by atoms with Crippen LogP contribution >= 0.6 is 0 Å². The standard InChI is InChI=1S/C27H21N/c28-20-15-16-26-22(17-20)21-9-3-6-12-25(21)27(26)23-10-4-1-7-18(23)13-14-19-8-2-5-11-24(19)27/h1-12,15-17H,13-14,28H2. The molecule has 1 spiro atoms. The molecule has 134 valence electrons. The number of hydrogen-bond acceptors (Lipinski definition) is 1. The minimum absolute atomic E-state index is 0.274. The molecule has 28 heavy (non-hydrogen) atoms. The van der Waals surface area contributed by atoms with Crippen LogP contribution in [0.25, 0.3) is 11.1 Å². The molecule has 2 aliphatic rings. The van der Waals surface area contributed by atoms with Gasteiger partial charge < -0.3 is 5.73 Å². The first-order valence-electron chi connectivity index (χ1n) is 9.97. The highest BCUT2D eigenvalue weighted by molar-refractivity contribution is 5.88. The molecule has 4 aromatic rings. The molecule has 1 nitrogen and oxygen atoms in total. The summed E-state index contributed by atoms with van der Waals surface area (Å²) in [5.41, 5.74) is 17.8. The average Bonchev–Trinajstić information content (AvgIpc) is 2.93. The second kappa shape index (κ2) is 5.59. The molecule has 2 aliphatic carbocycles. The third kappa shape index (κ3) is 1.86. The maximum Gasteiger partial charge on any atom is 0.0718 e. The highest BCUT2D eigenvalue weighted by Gasteiger charge is 2.48. The minimum Gasteiger partial charge on any atom is -0.399 e. The lowest BCUT2D eigenvalue weighted by atomic mass is 9.66. The van der Waals surface area contributed by atoms with E-state index in [4.69, 9.17) is 5.73 Å². The van der Waals surface area contributed by atoms with Gasteiger partial charge in [0.05, 0.1) is 5.41 Å². The molecule has 0 saturated carbocycles. The van der Waals surface area contributed by atoms with Crippen LogP contribution in [-0.2, 0) is 18.3 Å². The molecule has 0 unspecified atom stereocenters. The molecule has 0 aromatic heterocycles. The lowest BCUT2D eigenvalue weighted by molar-refractivity contribution is 0.762. The number of nitrogens with two attached hydrogens (primary N) is 1. The van der Waals surface area contributed by atoms with Gasteiger partial charge >= 0.3 is 0 Å². The molecule has 4 aromatic carbocycles. The summed E-state index contributed by atoms with van der Waals surface area (Å²) in [5.74, 6) is 0. The van der Waals surface area contributed by atoms with Gasteiger partial charge in [-0.1, -0.05) is 78.9 Å². The molecule has 0 heterocycles. The Labute approximate surface area is 165 Å². The van der Waals surface area contributed by atoms with Crippen molar-refractivity contribution in [3.05, 3.63) is 124 Å². The Morgan fingerprint density at radius 1 is 0.536 bits per heavy atom. The highest BCUT2D eigenvalue weighted by atomic mass is 14.6. The molecule has 0 bridgehead atoms. The van der Waals surface area contributed by atoms with Crippen molar-refractivity contribution in [1.82, 2.24) is 0 Å². The number of rotatable bonds is 0. The molecule has 0 atom stereocenters. The van der Waals surface area contributed by atoms with Crippen molar-refractivity contribution >= 4 is 5.69 Å². The van der Waals surface area contributed by atoms with E-state index >= 15 is 0 Å². The summed E-state index contributed by atoms with van der Waals surface area (Å²) in [6, 6.07) is 33.3. The second-order valence-electron chi connectivity index (χ2n) is 7.91. The van der Waals surface area contributed by atoms with Crippen LogP contribution in [0.4, 0.5) is 5.69 Å². The average molecular weight is 359 g/mol. The zero-order chi connectivity index (χ0) is 18.7. The van der Waals surface area contributed by atoms with Crippen molar-refractivity contribution in [1.29, 1.82) is 0 Å². The van der Waals surface area contributed by atoms with Crippen molar-refractivity contribution in [3.8, 4) is 11.1 Å². The van der Waals surface area contributed by atoms with Crippen LogP contribution in [0, 0.1) is 0 Å². The Kier molecular flexibility index (Phi) is 3.14. The van der Waals surface area contributed by atoms with E-state index in [1.807, 2.05) is 0 Å². The van der Waals surface area contributed by atoms with E-state index in [0.29, 0.717) is 0 Å². The van der Waals surface area contributed by atoms with Crippen LogP contribution < -0.4 is 5.73 Å². The van der Waals surface area contributed by atoms with Gasteiger partial charge in [-0.3, -0.25) is 0 Å². The number of nitrogen functional groups attached to an aromatic ring is 1. The number of fused-ring (bicyclic) bond motifs is 9. The van der Waals surface area contributed by atoms with Crippen molar-refractivity contribution in [2.24, 2.45) is 0 Å². The molecule has 1 heteroatoms. The Hall–Kier alpha value is -3.32. The van der Waals surface area contributed by atoms with Crippen molar-refractivity contribution < 1.29 is 0 Å². The predicted molar refractivity (Wildman–Crippen MR) is 116 cm³/mol. The summed E-state index contributed by atoms with van der Waals surface area (Å²) in [7, 11) is 0. The lowest BCUT2D eigenvalue weighted by Crippen LogP contribution is -2.29. The fourth-order valence-corrected chi connectivity index (χ4v) is 5.50. The number of hydrogen-bond donors (Lipinski definition) is 1. The summed E-state index contributed by atoms with van der Waals surface area (Å²) in [6.07, 6.45) is 2.14. The third-order valence-corrected chi connectivity index (χ3v) is 6.58. The fraction of sp³-hybridized carbons (Fsp3) is 0.111. The molecule has 0 saturated heterocycles. The summed E-state index contributed by atoms with van der Waals surface area (Å²) >= 11 is 0. The predicted octanol–water partition coefficient (Wildman–Crippen LogP) is 5.73. The van der Waals surface area contributed by atoms with Crippen LogP contribution in [0.1, 0.15) is 33.4 Å². The van der Waals surface area contributed by atoms with Gasteiger partial charge in [0.15, 0.2) is 0 Å². The molecule has 0 fully saturated rings. The van der Waals surface area contributed by atoms with Gasteiger partial charge in [0.1, 0.15) is 0 Å². The maximum atomic E-state index is 6.23. The Bertz CT molecular complexity index is 1190. The van der Waals surface area contributed by atoms with Gasteiger partial charge in [-0.25, -0.2) is 0 Å². The zero-order valence-corrected chi connectivity index (χ0v) is 15.7. The molecular formula is C27H21N. The van der Waals surface area contributed by atoms with E-state index in [1.54, 1.807) is 0 Å². The van der Waals surface area contributed by atoms with Crippen molar-refractivity contribution in [2.45, 2.75) is 18.3 Å². The Balaban J connectivity index is 1.86. The molecule has 2 N–H and O–H groups in total. The summed E-state index contributed by atoms with van der Waals surface area (Å²) in [6.45, 7) is 0. The van der Waals surface area contributed by atoms with E-state index < -0.39 is 0 Å².